The summed E-state index contributed by atoms with van der Waals surface area (Å²) in [6.07, 6.45) is 2.04. The molecule has 1 aromatic rings. The van der Waals surface area contributed by atoms with Crippen LogP contribution in [0.1, 0.15) is 12.0 Å². The molecule has 1 aromatic carbocycles. The van der Waals surface area contributed by atoms with Gasteiger partial charge in [0.15, 0.2) is 0 Å². The van der Waals surface area contributed by atoms with Crippen LogP contribution in [0, 0.1) is 0 Å². The van der Waals surface area contributed by atoms with Crippen LogP contribution < -0.4 is 0 Å². The maximum absolute atomic E-state index is 12.0. The minimum Gasteiger partial charge on any atom is -0.508 e. The summed E-state index contributed by atoms with van der Waals surface area (Å²) in [5.74, 6) is -1.45. The van der Waals surface area contributed by atoms with Gasteiger partial charge in [-0.05, 0) is 23.8 Å². The monoisotopic (exact) mass is 277 g/mol. The molecule has 2 rings (SSSR count). The molecule has 6 nitrogen and oxygen atoms in total. The van der Waals surface area contributed by atoms with Gasteiger partial charge in [-0.15, -0.1) is 0 Å². The Bertz CT molecular complexity index is 537. The lowest BCUT2D eigenvalue weighted by molar-refractivity contribution is -0.146. The van der Waals surface area contributed by atoms with Crippen molar-refractivity contribution in [3.05, 3.63) is 35.9 Å². The second-order valence-corrected chi connectivity index (χ2v) is 4.66. The molecule has 0 aromatic heterocycles. The molecule has 20 heavy (non-hydrogen) atoms. The first kappa shape index (κ1) is 14.1. The third kappa shape index (κ3) is 3.16. The highest BCUT2D eigenvalue weighted by molar-refractivity contribution is 5.94. The summed E-state index contributed by atoms with van der Waals surface area (Å²) in [7, 11) is 0. The van der Waals surface area contributed by atoms with Gasteiger partial charge in [-0.25, -0.2) is 4.79 Å². The molecule has 0 spiro atoms. The highest BCUT2D eigenvalue weighted by Gasteiger charge is 2.37. The third-order valence-electron chi connectivity index (χ3n) is 3.16. The van der Waals surface area contributed by atoms with E-state index in [2.05, 4.69) is 0 Å². The first-order chi connectivity index (χ1) is 9.47. The Morgan fingerprint density at radius 2 is 1.90 bits per heavy atom. The lowest BCUT2D eigenvalue weighted by Crippen LogP contribution is -2.39. The third-order valence-corrected chi connectivity index (χ3v) is 3.16. The number of aliphatic hydroxyl groups excluding tert-OH is 1. The summed E-state index contributed by atoms with van der Waals surface area (Å²) in [5, 5.41) is 27.6. The van der Waals surface area contributed by atoms with Crippen LogP contribution in [-0.2, 0) is 9.59 Å². The molecule has 2 atom stereocenters. The van der Waals surface area contributed by atoms with Gasteiger partial charge in [0.25, 0.3) is 0 Å². The lowest BCUT2D eigenvalue weighted by atomic mass is 10.2. The van der Waals surface area contributed by atoms with Crippen LogP contribution in [0.2, 0.25) is 0 Å². The highest BCUT2D eigenvalue weighted by atomic mass is 16.4. The Balaban J connectivity index is 2.07. The largest absolute Gasteiger partial charge is 0.508 e. The van der Waals surface area contributed by atoms with Crippen molar-refractivity contribution >= 4 is 18.0 Å². The Morgan fingerprint density at radius 3 is 2.50 bits per heavy atom. The molecule has 1 saturated heterocycles. The fraction of sp³-hybridized carbons (Fsp3) is 0.286. The fourth-order valence-electron chi connectivity index (χ4n) is 2.14. The number of β-amino-alcohol motifs (C(OH)–C–C–N with tert-alkyl or cyclic N) is 1. The number of carboxylic acid groups (broad SMARTS) is 1. The van der Waals surface area contributed by atoms with E-state index in [9.17, 15) is 14.7 Å². The summed E-state index contributed by atoms with van der Waals surface area (Å²) in [6, 6.07) is 5.26. The van der Waals surface area contributed by atoms with Gasteiger partial charge in [0.05, 0.1) is 6.10 Å². The first-order valence-electron chi connectivity index (χ1n) is 6.16. The molecular weight excluding hydrogens is 262 g/mol. The number of aliphatic hydroxyl groups is 1. The number of aliphatic carboxylic acids is 1. The van der Waals surface area contributed by atoms with Crippen molar-refractivity contribution in [2.45, 2.75) is 18.6 Å². The van der Waals surface area contributed by atoms with E-state index in [4.69, 9.17) is 10.2 Å². The molecule has 1 aliphatic rings. The van der Waals surface area contributed by atoms with Crippen LogP contribution in [0.15, 0.2) is 30.3 Å². The van der Waals surface area contributed by atoms with Gasteiger partial charge in [-0.3, -0.25) is 4.79 Å². The van der Waals surface area contributed by atoms with Crippen LogP contribution in [0.3, 0.4) is 0 Å². The molecule has 0 saturated carbocycles. The maximum atomic E-state index is 12.0. The minimum absolute atomic E-state index is 0.0235. The van der Waals surface area contributed by atoms with E-state index in [0.717, 1.165) is 4.90 Å². The summed E-state index contributed by atoms with van der Waals surface area (Å²) >= 11 is 0. The van der Waals surface area contributed by atoms with E-state index < -0.39 is 24.0 Å². The van der Waals surface area contributed by atoms with Crippen molar-refractivity contribution in [2.24, 2.45) is 0 Å². The number of phenols is 1. The Labute approximate surface area is 115 Å². The predicted molar refractivity (Wildman–Crippen MR) is 70.9 cm³/mol. The second-order valence-electron chi connectivity index (χ2n) is 4.66. The lowest BCUT2D eigenvalue weighted by Gasteiger charge is -2.19. The molecule has 0 aliphatic carbocycles. The van der Waals surface area contributed by atoms with Crippen molar-refractivity contribution in [3.63, 3.8) is 0 Å². The number of likely N-dealkylation sites (tertiary alicyclic amines) is 1. The molecule has 0 radical (unpaired) electrons. The molecule has 6 heteroatoms. The number of carbonyl (C=O) groups excluding carboxylic acids is 1. The summed E-state index contributed by atoms with van der Waals surface area (Å²) < 4.78 is 0. The number of benzene rings is 1. The van der Waals surface area contributed by atoms with E-state index in [0.29, 0.717) is 5.56 Å². The van der Waals surface area contributed by atoms with Gasteiger partial charge < -0.3 is 20.2 Å². The molecule has 1 unspecified atom stereocenters. The maximum Gasteiger partial charge on any atom is 0.326 e. The minimum atomic E-state index is -1.12. The smallest absolute Gasteiger partial charge is 0.326 e. The predicted octanol–water partition coefficient (Wildman–Crippen LogP) is 0.452. The average molecular weight is 277 g/mol. The van der Waals surface area contributed by atoms with E-state index in [-0.39, 0.29) is 18.7 Å². The van der Waals surface area contributed by atoms with Crippen LogP contribution in [0.4, 0.5) is 0 Å². The van der Waals surface area contributed by atoms with Crippen molar-refractivity contribution in [1.29, 1.82) is 0 Å². The SMILES string of the molecule is O=C(O)[C@@H]1CC(O)CN1C(=O)/C=C/c1ccc(O)cc1. The molecular formula is C14H15NO5. The fourth-order valence-corrected chi connectivity index (χ4v) is 2.14. The molecule has 1 heterocycles. The van der Waals surface area contributed by atoms with Crippen LogP contribution >= 0.6 is 0 Å². The highest BCUT2D eigenvalue weighted by Crippen LogP contribution is 2.19. The average Bonchev–Trinajstić information content (AvgIpc) is 2.80. The Kier molecular flexibility index (Phi) is 4.05. The standard InChI is InChI=1S/C14H15NO5/c16-10-4-1-9(2-5-10)3-6-13(18)15-8-11(17)7-12(15)14(19)20/h1-6,11-12,16-17H,7-8H2,(H,19,20)/b6-3+/t11?,12-/m0/s1. The normalized spacial score (nSPS) is 22.4. The molecule has 106 valence electrons. The Hall–Kier alpha value is -2.34. The van der Waals surface area contributed by atoms with Gasteiger partial charge >= 0.3 is 5.97 Å². The number of carbonyl (C=O) groups is 2. The molecule has 0 bridgehead atoms. The van der Waals surface area contributed by atoms with E-state index in [1.54, 1.807) is 12.1 Å². The number of hydrogen-bond acceptors (Lipinski definition) is 4. The quantitative estimate of drug-likeness (QED) is 0.697. The zero-order valence-corrected chi connectivity index (χ0v) is 10.6. The summed E-state index contributed by atoms with van der Waals surface area (Å²) in [4.78, 5) is 24.1. The van der Waals surface area contributed by atoms with Gasteiger partial charge in [-0.1, -0.05) is 12.1 Å². The van der Waals surface area contributed by atoms with Crippen molar-refractivity contribution in [3.8, 4) is 5.75 Å². The molecule has 1 aliphatic heterocycles. The first-order valence-corrected chi connectivity index (χ1v) is 6.16. The van der Waals surface area contributed by atoms with Gasteiger partial charge in [-0.2, -0.15) is 0 Å². The van der Waals surface area contributed by atoms with Crippen molar-refractivity contribution in [1.82, 2.24) is 4.90 Å². The van der Waals surface area contributed by atoms with Crippen molar-refractivity contribution in [2.75, 3.05) is 6.54 Å². The van der Waals surface area contributed by atoms with Gasteiger partial charge in [0.2, 0.25) is 5.91 Å². The number of phenolic OH excluding ortho intramolecular Hbond substituents is 1. The van der Waals surface area contributed by atoms with Gasteiger partial charge in [0.1, 0.15) is 11.8 Å². The van der Waals surface area contributed by atoms with Crippen LogP contribution in [0.5, 0.6) is 5.75 Å². The molecule has 1 amide bonds. The number of amides is 1. The van der Waals surface area contributed by atoms with Crippen molar-refractivity contribution < 1.29 is 24.9 Å². The number of aromatic hydroxyl groups is 1. The second kappa shape index (κ2) is 5.75. The Morgan fingerprint density at radius 1 is 1.25 bits per heavy atom. The number of hydrogen-bond donors (Lipinski definition) is 3. The summed E-state index contributed by atoms with van der Waals surface area (Å²) in [5.41, 5.74) is 0.711. The van der Waals surface area contributed by atoms with Crippen LogP contribution in [-0.4, -0.2) is 50.8 Å². The molecule has 1 fully saturated rings. The topological polar surface area (TPSA) is 98.1 Å². The molecule has 3 N–H and O–H groups in total. The van der Waals surface area contributed by atoms with Gasteiger partial charge in [0, 0.05) is 19.0 Å². The van der Waals surface area contributed by atoms with E-state index >= 15 is 0 Å². The van der Waals surface area contributed by atoms with E-state index in [1.807, 2.05) is 0 Å². The number of nitrogens with zero attached hydrogens (tertiary/aromatic N) is 1. The van der Waals surface area contributed by atoms with Crippen LogP contribution in [0.25, 0.3) is 6.08 Å². The van der Waals surface area contributed by atoms with E-state index in [1.165, 1.54) is 24.3 Å². The number of rotatable bonds is 3. The number of carboxylic acids is 1. The summed E-state index contributed by atoms with van der Waals surface area (Å²) in [6.45, 7) is 0.0235. The zero-order chi connectivity index (χ0) is 14.7. The zero-order valence-electron chi connectivity index (χ0n) is 10.6.